The number of hydrogen-bond acceptors (Lipinski definition) is 6. The summed E-state index contributed by atoms with van der Waals surface area (Å²) in [6.07, 6.45) is -1.37. The van der Waals surface area contributed by atoms with E-state index in [1.165, 1.54) is 6.20 Å². The van der Waals surface area contributed by atoms with Gasteiger partial charge < -0.3 is 15.0 Å². The molecular weight excluding hydrogens is 313 g/mol. The molecule has 2 rings (SSSR count). The van der Waals surface area contributed by atoms with Gasteiger partial charge in [0.05, 0.1) is 13.2 Å². The summed E-state index contributed by atoms with van der Waals surface area (Å²) in [7, 11) is 0. The van der Waals surface area contributed by atoms with Gasteiger partial charge in [0.1, 0.15) is 5.82 Å². The molecule has 1 aliphatic rings. The van der Waals surface area contributed by atoms with Gasteiger partial charge in [-0.15, -0.1) is 0 Å². The molecule has 1 N–H and O–H groups in total. The van der Waals surface area contributed by atoms with Crippen LogP contribution >= 0.6 is 0 Å². The largest absolute Gasteiger partial charge is 0.460 e. The fourth-order valence-corrected chi connectivity index (χ4v) is 2.43. The van der Waals surface area contributed by atoms with Crippen molar-refractivity contribution in [2.75, 3.05) is 31.1 Å². The lowest BCUT2D eigenvalue weighted by Crippen LogP contribution is -2.48. The van der Waals surface area contributed by atoms with Crippen molar-refractivity contribution < 1.29 is 22.7 Å². The summed E-state index contributed by atoms with van der Waals surface area (Å²) >= 11 is 0. The number of alkyl halides is 3. The van der Waals surface area contributed by atoms with E-state index in [4.69, 9.17) is 4.74 Å². The summed E-state index contributed by atoms with van der Waals surface area (Å²) in [5.41, 5.74) is 0. The second-order valence-corrected chi connectivity index (χ2v) is 5.24. The number of carbonyl (C=O) groups is 1. The number of esters is 1. The van der Waals surface area contributed by atoms with E-state index in [1.807, 2.05) is 4.90 Å². The van der Waals surface area contributed by atoms with Gasteiger partial charge in [0, 0.05) is 25.3 Å². The standard InChI is InChI=1S/C14H19F3N4O2/c1-2-23-13(22)12-18-6-5-11(20-12)21-7-3-4-10(8-21)19-9-14(15,16)17/h5-6,10,19H,2-4,7-9H2,1H3/t10-/m0/s1. The molecule has 0 aliphatic carbocycles. The number of anilines is 1. The molecule has 23 heavy (non-hydrogen) atoms. The zero-order chi connectivity index (χ0) is 16.9. The van der Waals surface area contributed by atoms with Gasteiger partial charge in [0.15, 0.2) is 0 Å². The third-order valence-electron chi connectivity index (χ3n) is 3.44. The molecular formula is C14H19F3N4O2. The molecule has 1 aliphatic heterocycles. The molecule has 0 bridgehead atoms. The van der Waals surface area contributed by atoms with Crippen LogP contribution < -0.4 is 10.2 Å². The Morgan fingerprint density at radius 1 is 1.52 bits per heavy atom. The topological polar surface area (TPSA) is 67.3 Å². The number of piperidine rings is 1. The lowest BCUT2D eigenvalue weighted by Gasteiger charge is -2.34. The number of carbonyl (C=O) groups excluding carboxylic acids is 1. The molecule has 0 spiro atoms. The first-order chi connectivity index (χ1) is 10.9. The van der Waals surface area contributed by atoms with E-state index in [1.54, 1.807) is 13.0 Å². The summed E-state index contributed by atoms with van der Waals surface area (Å²) in [5, 5.41) is 2.52. The van der Waals surface area contributed by atoms with Crippen LogP contribution in [0, 0.1) is 0 Å². The van der Waals surface area contributed by atoms with E-state index in [0.29, 0.717) is 25.3 Å². The monoisotopic (exact) mass is 332 g/mol. The van der Waals surface area contributed by atoms with E-state index >= 15 is 0 Å². The Hall–Kier alpha value is -1.90. The van der Waals surface area contributed by atoms with Crippen molar-refractivity contribution in [2.24, 2.45) is 0 Å². The fourth-order valence-electron chi connectivity index (χ4n) is 2.43. The number of nitrogens with zero attached hydrogens (tertiary/aromatic N) is 3. The van der Waals surface area contributed by atoms with Gasteiger partial charge in [-0.3, -0.25) is 0 Å². The number of ether oxygens (including phenoxy) is 1. The number of aromatic nitrogens is 2. The van der Waals surface area contributed by atoms with Crippen LogP contribution in [0.3, 0.4) is 0 Å². The van der Waals surface area contributed by atoms with Crippen LogP contribution in [-0.2, 0) is 4.74 Å². The Kier molecular flexibility index (Phi) is 5.75. The maximum Gasteiger partial charge on any atom is 0.401 e. The molecule has 1 atom stereocenters. The average Bonchev–Trinajstić information content (AvgIpc) is 2.53. The molecule has 1 aromatic rings. The molecule has 0 radical (unpaired) electrons. The summed E-state index contributed by atoms with van der Waals surface area (Å²) in [5.74, 6) is -0.144. The Bertz CT molecular complexity index is 539. The fraction of sp³-hybridized carbons (Fsp3) is 0.643. The molecule has 1 fully saturated rings. The van der Waals surface area contributed by atoms with Gasteiger partial charge in [0.2, 0.25) is 5.82 Å². The minimum atomic E-state index is -4.23. The Morgan fingerprint density at radius 3 is 3.00 bits per heavy atom. The molecule has 1 saturated heterocycles. The van der Waals surface area contributed by atoms with Crippen LogP contribution in [0.2, 0.25) is 0 Å². The number of halogens is 3. The normalized spacial score (nSPS) is 18.8. The summed E-state index contributed by atoms with van der Waals surface area (Å²) in [6, 6.07) is 1.36. The quantitative estimate of drug-likeness (QED) is 0.829. The molecule has 6 nitrogen and oxygen atoms in total. The summed E-state index contributed by atoms with van der Waals surface area (Å²) in [4.78, 5) is 21.5. The second-order valence-electron chi connectivity index (χ2n) is 5.24. The van der Waals surface area contributed by atoms with Crippen molar-refractivity contribution in [2.45, 2.75) is 32.0 Å². The average molecular weight is 332 g/mol. The van der Waals surface area contributed by atoms with Crippen molar-refractivity contribution in [1.29, 1.82) is 0 Å². The smallest absolute Gasteiger partial charge is 0.401 e. The van der Waals surface area contributed by atoms with E-state index < -0.39 is 18.7 Å². The molecule has 0 aromatic carbocycles. The molecule has 128 valence electrons. The van der Waals surface area contributed by atoms with Gasteiger partial charge in [-0.2, -0.15) is 13.2 Å². The Morgan fingerprint density at radius 2 is 2.30 bits per heavy atom. The third-order valence-corrected chi connectivity index (χ3v) is 3.44. The van der Waals surface area contributed by atoms with Crippen LogP contribution in [-0.4, -0.2) is 54.4 Å². The lowest BCUT2D eigenvalue weighted by molar-refractivity contribution is -0.126. The first kappa shape index (κ1) is 17.5. The van der Waals surface area contributed by atoms with Gasteiger partial charge in [-0.25, -0.2) is 14.8 Å². The summed E-state index contributed by atoms with van der Waals surface area (Å²) in [6.45, 7) is 1.96. The van der Waals surface area contributed by atoms with E-state index in [2.05, 4.69) is 15.3 Å². The van der Waals surface area contributed by atoms with Crippen molar-refractivity contribution in [3.05, 3.63) is 18.1 Å². The van der Waals surface area contributed by atoms with Crippen molar-refractivity contribution in [3.63, 3.8) is 0 Å². The first-order valence-electron chi connectivity index (χ1n) is 7.44. The van der Waals surface area contributed by atoms with E-state index in [0.717, 1.165) is 6.42 Å². The predicted molar refractivity (Wildman–Crippen MR) is 77.3 cm³/mol. The lowest BCUT2D eigenvalue weighted by atomic mass is 10.1. The Balaban J connectivity index is 2.00. The van der Waals surface area contributed by atoms with Gasteiger partial charge >= 0.3 is 12.1 Å². The van der Waals surface area contributed by atoms with Crippen LogP contribution in [0.5, 0.6) is 0 Å². The molecule has 1 aromatic heterocycles. The van der Waals surface area contributed by atoms with Crippen LogP contribution in [0.4, 0.5) is 19.0 Å². The van der Waals surface area contributed by atoms with Crippen LogP contribution in [0.25, 0.3) is 0 Å². The number of hydrogen-bond donors (Lipinski definition) is 1. The molecule has 0 amide bonds. The summed E-state index contributed by atoms with van der Waals surface area (Å²) < 4.78 is 41.7. The van der Waals surface area contributed by atoms with Crippen molar-refractivity contribution in [3.8, 4) is 0 Å². The zero-order valence-corrected chi connectivity index (χ0v) is 12.8. The minimum Gasteiger partial charge on any atom is -0.460 e. The third kappa shape index (κ3) is 5.34. The highest BCUT2D eigenvalue weighted by Crippen LogP contribution is 2.19. The number of rotatable bonds is 5. The maximum absolute atomic E-state index is 12.3. The molecule has 0 saturated carbocycles. The zero-order valence-electron chi connectivity index (χ0n) is 12.8. The van der Waals surface area contributed by atoms with E-state index in [9.17, 15) is 18.0 Å². The molecule has 0 unspecified atom stereocenters. The van der Waals surface area contributed by atoms with Crippen LogP contribution in [0.1, 0.15) is 30.4 Å². The van der Waals surface area contributed by atoms with Gasteiger partial charge in [-0.05, 0) is 25.8 Å². The van der Waals surface area contributed by atoms with Gasteiger partial charge in [0.25, 0.3) is 0 Å². The van der Waals surface area contributed by atoms with Crippen molar-refractivity contribution in [1.82, 2.24) is 15.3 Å². The minimum absolute atomic E-state index is 0.0466. The molecule has 2 heterocycles. The molecule has 9 heteroatoms. The number of nitrogens with one attached hydrogen (secondary N) is 1. The van der Waals surface area contributed by atoms with Crippen molar-refractivity contribution >= 4 is 11.8 Å². The highest BCUT2D eigenvalue weighted by Gasteiger charge is 2.30. The first-order valence-corrected chi connectivity index (χ1v) is 7.44. The highest BCUT2D eigenvalue weighted by molar-refractivity contribution is 5.85. The Labute approximate surface area is 132 Å². The predicted octanol–water partition coefficient (Wildman–Crippen LogP) is 1.77. The van der Waals surface area contributed by atoms with Crippen LogP contribution in [0.15, 0.2) is 12.3 Å². The highest BCUT2D eigenvalue weighted by atomic mass is 19.4. The second kappa shape index (κ2) is 7.58. The SMILES string of the molecule is CCOC(=O)c1nccc(N2CCC[C@H](NCC(F)(F)F)C2)n1. The van der Waals surface area contributed by atoms with Gasteiger partial charge in [-0.1, -0.05) is 0 Å². The maximum atomic E-state index is 12.3. The van der Waals surface area contributed by atoms with E-state index in [-0.39, 0.29) is 18.5 Å².